The molecule has 0 saturated carbocycles. The van der Waals surface area contributed by atoms with Gasteiger partial charge in [-0.3, -0.25) is 9.69 Å². The fraction of sp³-hybridized carbons (Fsp3) is 0.125. The molecular weight excluding hydrogens is 266 g/mol. The van der Waals surface area contributed by atoms with E-state index in [1.165, 1.54) is 9.80 Å². The Kier molecular flexibility index (Phi) is 3.41. The molecule has 0 unspecified atom stereocenters. The summed E-state index contributed by atoms with van der Waals surface area (Å²) in [6.45, 7) is 0.419. The minimum atomic E-state index is -0.333. The second-order valence-corrected chi connectivity index (χ2v) is 4.81. The molecule has 2 aromatic carbocycles. The highest BCUT2D eigenvalue weighted by Crippen LogP contribution is 2.26. The Labute approximate surface area is 122 Å². The molecule has 0 aromatic heterocycles. The molecule has 3 amide bonds. The van der Waals surface area contributed by atoms with Gasteiger partial charge in [-0.05, 0) is 29.8 Å². The first kappa shape index (κ1) is 13.3. The van der Waals surface area contributed by atoms with Gasteiger partial charge in [0.1, 0.15) is 6.54 Å². The van der Waals surface area contributed by atoms with E-state index in [1.54, 1.807) is 18.2 Å². The summed E-state index contributed by atoms with van der Waals surface area (Å²) >= 11 is 0. The number of urea groups is 1. The van der Waals surface area contributed by atoms with Gasteiger partial charge in [-0.25, -0.2) is 9.69 Å². The topological polar surface area (TPSA) is 66.6 Å². The van der Waals surface area contributed by atoms with Crippen molar-refractivity contribution in [1.82, 2.24) is 0 Å². The van der Waals surface area contributed by atoms with Gasteiger partial charge in [0.25, 0.3) is 5.91 Å². The lowest BCUT2D eigenvalue weighted by Gasteiger charge is -2.17. The minimum absolute atomic E-state index is 0.0513. The molecule has 1 heterocycles. The first-order valence-electron chi connectivity index (χ1n) is 6.69. The number of anilines is 2. The number of hydrogen-bond acceptors (Lipinski definition) is 3. The van der Waals surface area contributed by atoms with Gasteiger partial charge in [0.15, 0.2) is 0 Å². The van der Waals surface area contributed by atoms with E-state index >= 15 is 0 Å². The number of amides is 3. The van der Waals surface area contributed by atoms with Gasteiger partial charge in [-0.15, -0.1) is 0 Å². The van der Waals surface area contributed by atoms with E-state index in [4.69, 9.17) is 5.73 Å². The molecule has 1 fully saturated rings. The summed E-state index contributed by atoms with van der Waals surface area (Å²) in [4.78, 5) is 27.4. The Hall–Kier alpha value is -2.66. The Morgan fingerprint density at radius 3 is 2.38 bits per heavy atom. The first-order chi connectivity index (χ1) is 10.2. The van der Waals surface area contributed by atoms with E-state index in [1.807, 2.05) is 36.4 Å². The van der Waals surface area contributed by atoms with Crippen LogP contribution in [-0.4, -0.2) is 18.5 Å². The zero-order valence-electron chi connectivity index (χ0n) is 11.4. The Balaban J connectivity index is 1.94. The van der Waals surface area contributed by atoms with Gasteiger partial charge in [-0.2, -0.15) is 0 Å². The monoisotopic (exact) mass is 281 g/mol. The predicted molar refractivity (Wildman–Crippen MR) is 81.0 cm³/mol. The maximum absolute atomic E-state index is 12.5. The summed E-state index contributed by atoms with van der Waals surface area (Å²) in [5.74, 6) is -0.238. The highest BCUT2D eigenvalue weighted by atomic mass is 16.2. The van der Waals surface area contributed by atoms with E-state index in [2.05, 4.69) is 0 Å². The normalized spacial score (nSPS) is 14.9. The quantitative estimate of drug-likeness (QED) is 0.876. The van der Waals surface area contributed by atoms with Crippen LogP contribution < -0.4 is 15.5 Å². The number of carbonyl (C=O) groups is 2. The molecule has 0 aliphatic carbocycles. The van der Waals surface area contributed by atoms with Crippen molar-refractivity contribution in [2.45, 2.75) is 6.54 Å². The second-order valence-electron chi connectivity index (χ2n) is 4.81. The molecule has 0 bridgehead atoms. The fourth-order valence-electron chi connectivity index (χ4n) is 2.39. The first-order valence-corrected chi connectivity index (χ1v) is 6.69. The standard InChI is InChI=1S/C16H15N3O2/c17-10-12-5-4-8-14(9-12)19-15(20)11-18(16(19)21)13-6-2-1-3-7-13/h1-9H,10-11,17H2. The van der Waals surface area contributed by atoms with Gasteiger partial charge < -0.3 is 5.73 Å². The number of benzene rings is 2. The van der Waals surface area contributed by atoms with Crippen LogP contribution in [0, 0.1) is 0 Å². The van der Waals surface area contributed by atoms with Crippen LogP contribution in [0.5, 0.6) is 0 Å². The van der Waals surface area contributed by atoms with Crippen LogP contribution in [0.25, 0.3) is 0 Å². The smallest absolute Gasteiger partial charge is 0.326 e. The average Bonchev–Trinajstić information content (AvgIpc) is 2.83. The highest BCUT2D eigenvalue weighted by Gasteiger charge is 2.37. The van der Waals surface area contributed by atoms with E-state index in [0.29, 0.717) is 17.9 Å². The van der Waals surface area contributed by atoms with Crippen molar-refractivity contribution < 1.29 is 9.59 Å². The number of para-hydroxylation sites is 1. The molecule has 5 nitrogen and oxygen atoms in total. The molecule has 3 rings (SSSR count). The third-order valence-corrected chi connectivity index (χ3v) is 3.44. The van der Waals surface area contributed by atoms with Crippen molar-refractivity contribution in [3.8, 4) is 0 Å². The summed E-state index contributed by atoms with van der Waals surface area (Å²) in [6, 6.07) is 16.0. The number of carbonyl (C=O) groups excluding carboxylic acids is 2. The molecule has 5 heteroatoms. The Morgan fingerprint density at radius 1 is 0.952 bits per heavy atom. The third-order valence-electron chi connectivity index (χ3n) is 3.44. The predicted octanol–water partition coefficient (Wildman–Crippen LogP) is 2.12. The van der Waals surface area contributed by atoms with Crippen LogP contribution >= 0.6 is 0 Å². The SMILES string of the molecule is NCc1cccc(N2C(=O)CN(c3ccccc3)C2=O)c1. The van der Waals surface area contributed by atoms with Crippen molar-refractivity contribution >= 4 is 23.3 Å². The zero-order valence-corrected chi connectivity index (χ0v) is 11.4. The lowest BCUT2D eigenvalue weighted by Crippen LogP contribution is -2.33. The van der Waals surface area contributed by atoms with Gasteiger partial charge in [0.05, 0.1) is 5.69 Å². The molecule has 0 atom stereocenters. The van der Waals surface area contributed by atoms with Crippen LogP contribution in [-0.2, 0) is 11.3 Å². The average molecular weight is 281 g/mol. The molecule has 2 aromatic rings. The van der Waals surface area contributed by atoms with Crippen LogP contribution in [0.15, 0.2) is 54.6 Å². The molecule has 0 spiro atoms. The molecule has 2 N–H and O–H groups in total. The molecular formula is C16H15N3O2. The summed E-state index contributed by atoms with van der Waals surface area (Å²) in [5.41, 5.74) is 7.76. The minimum Gasteiger partial charge on any atom is -0.326 e. The maximum atomic E-state index is 12.5. The summed E-state index contributed by atoms with van der Waals surface area (Å²) in [6.07, 6.45) is 0. The molecule has 21 heavy (non-hydrogen) atoms. The Morgan fingerprint density at radius 2 is 1.67 bits per heavy atom. The van der Waals surface area contributed by atoms with Crippen molar-refractivity contribution in [3.63, 3.8) is 0 Å². The second kappa shape index (κ2) is 5.38. The number of rotatable bonds is 3. The maximum Gasteiger partial charge on any atom is 0.336 e. The molecule has 1 saturated heterocycles. The van der Waals surface area contributed by atoms with Gasteiger partial charge in [-0.1, -0.05) is 30.3 Å². The van der Waals surface area contributed by atoms with Gasteiger partial charge >= 0.3 is 6.03 Å². The van der Waals surface area contributed by atoms with E-state index in [0.717, 1.165) is 5.56 Å². The van der Waals surface area contributed by atoms with Crippen LogP contribution in [0.3, 0.4) is 0 Å². The summed E-state index contributed by atoms with van der Waals surface area (Å²) in [5, 5.41) is 0. The van der Waals surface area contributed by atoms with E-state index in [-0.39, 0.29) is 18.5 Å². The molecule has 106 valence electrons. The van der Waals surface area contributed by atoms with E-state index < -0.39 is 0 Å². The van der Waals surface area contributed by atoms with Crippen LogP contribution in [0.1, 0.15) is 5.56 Å². The number of nitrogens with zero attached hydrogens (tertiary/aromatic N) is 2. The fourth-order valence-corrected chi connectivity index (χ4v) is 2.39. The van der Waals surface area contributed by atoms with Crippen molar-refractivity contribution in [1.29, 1.82) is 0 Å². The van der Waals surface area contributed by atoms with Gasteiger partial charge in [0, 0.05) is 12.2 Å². The molecule has 1 aliphatic rings. The van der Waals surface area contributed by atoms with Gasteiger partial charge in [0.2, 0.25) is 0 Å². The zero-order chi connectivity index (χ0) is 14.8. The number of hydrogen-bond donors (Lipinski definition) is 1. The highest BCUT2D eigenvalue weighted by molar-refractivity contribution is 6.26. The summed E-state index contributed by atoms with van der Waals surface area (Å²) < 4.78 is 0. The molecule has 0 radical (unpaired) electrons. The van der Waals surface area contributed by atoms with Crippen molar-refractivity contribution in [3.05, 3.63) is 60.2 Å². The van der Waals surface area contributed by atoms with E-state index in [9.17, 15) is 9.59 Å². The largest absolute Gasteiger partial charge is 0.336 e. The van der Waals surface area contributed by atoms with Crippen molar-refractivity contribution in [2.24, 2.45) is 5.73 Å². The number of nitrogens with two attached hydrogens (primary N) is 1. The summed E-state index contributed by atoms with van der Waals surface area (Å²) in [7, 11) is 0. The molecule has 1 aliphatic heterocycles. The van der Waals surface area contributed by atoms with Crippen molar-refractivity contribution in [2.75, 3.05) is 16.3 Å². The Bertz CT molecular complexity index is 685. The number of imide groups is 1. The lowest BCUT2D eigenvalue weighted by atomic mass is 10.2. The van der Waals surface area contributed by atoms with Crippen LogP contribution in [0.2, 0.25) is 0 Å². The lowest BCUT2D eigenvalue weighted by molar-refractivity contribution is -0.115. The third kappa shape index (κ3) is 2.39. The van der Waals surface area contributed by atoms with Crippen LogP contribution in [0.4, 0.5) is 16.2 Å².